The Labute approximate surface area is 283 Å². The molecule has 0 aliphatic rings. The van der Waals surface area contributed by atoms with E-state index in [1.807, 2.05) is 0 Å². The molecule has 0 aromatic heterocycles. The molecule has 0 spiro atoms. The van der Waals surface area contributed by atoms with Crippen molar-refractivity contribution in [3.05, 3.63) is 0 Å². The van der Waals surface area contributed by atoms with Crippen molar-refractivity contribution in [3.63, 3.8) is 0 Å². The second-order valence-corrected chi connectivity index (χ2v) is 49.3. The van der Waals surface area contributed by atoms with Crippen LogP contribution in [-0.2, 0) is 28.8 Å². The van der Waals surface area contributed by atoms with E-state index >= 15 is 0 Å². The van der Waals surface area contributed by atoms with E-state index in [0.29, 0.717) is 55.0 Å². The summed E-state index contributed by atoms with van der Waals surface area (Å²) in [6.07, 6.45) is 2.08. The van der Waals surface area contributed by atoms with Gasteiger partial charge in [-0.05, 0) is 117 Å². The number of halogens is 3. The van der Waals surface area contributed by atoms with Crippen molar-refractivity contribution in [1.82, 2.24) is 0 Å². The fourth-order valence-electron chi connectivity index (χ4n) is 4.30. The predicted molar refractivity (Wildman–Crippen MR) is 202 cm³/mol. The molecule has 254 valence electrons. The molecule has 0 aromatic carbocycles. The third kappa shape index (κ3) is 20.5. The third-order valence-electron chi connectivity index (χ3n) is 4.78. The first-order valence-electron chi connectivity index (χ1n) is 15.2. The second-order valence-electron chi connectivity index (χ2n) is 15.7. The van der Waals surface area contributed by atoms with Crippen LogP contribution in [0, 0.1) is 0 Å². The highest BCUT2D eigenvalue weighted by molar-refractivity contribution is 6.94. The molecule has 0 rings (SSSR count). The lowest BCUT2D eigenvalue weighted by molar-refractivity contribution is 0.137. The zero-order valence-corrected chi connectivity index (χ0v) is 39.6. The van der Waals surface area contributed by atoms with Gasteiger partial charge in [-0.3, -0.25) is 0 Å². The molecule has 0 heterocycles. The van der Waals surface area contributed by atoms with Crippen molar-refractivity contribution < 1.29 is 28.8 Å². The molecule has 42 heavy (non-hydrogen) atoms. The number of hydrogen-bond acceptors (Lipinski definition) is 7. The Kier molecular flexibility index (Phi) is 18.6. The summed E-state index contributed by atoms with van der Waals surface area (Å²) >= 11 is 19.0. The van der Waals surface area contributed by atoms with Crippen LogP contribution < -0.4 is 0 Å². The van der Waals surface area contributed by atoms with Crippen LogP contribution in [0.3, 0.4) is 0 Å². The summed E-state index contributed by atoms with van der Waals surface area (Å²) in [4.78, 5) is 0. The van der Waals surface area contributed by atoms with Gasteiger partial charge in [-0.1, -0.05) is 0 Å². The topological polar surface area (TPSA) is 64.6 Å². The lowest BCUT2D eigenvalue weighted by atomic mass is 10.6. The van der Waals surface area contributed by atoms with E-state index in [1.165, 1.54) is 0 Å². The highest BCUT2D eigenvalue weighted by atomic mass is 35.5. The maximum Gasteiger partial charge on any atom is 0.475 e. The van der Waals surface area contributed by atoms with E-state index in [2.05, 4.69) is 98.2 Å². The Hall–Kier alpha value is 2.33. The van der Waals surface area contributed by atoms with Gasteiger partial charge in [0.25, 0.3) is 0 Å². The molecule has 0 atom stereocenters. The van der Waals surface area contributed by atoms with E-state index in [9.17, 15) is 0 Å². The Balaban J connectivity index is 7.62. The molecule has 0 saturated carbocycles. The largest absolute Gasteiger partial charge is 0.475 e. The van der Waals surface area contributed by atoms with Crippen molar-refractivity contribution in [2.45, 2.75) is 136 Å². The van der Waals surface area contributed by atoms with Gasteiger partial charge in [0.05, 0.1) is 0 Å². The standard InChI is InChI=1S/C24H63Cl3O7Si8/c1-35(2,3)28-40(22-16-19-25,29-36(4,5)6)33-42(24-18-21-27,32-39(13,14)15)34-41(23-17-20-26,30-37(7,8)9)31-38(10,11)12/h16-24H2,1-15H3. The zero-order valence-electron chi connectivity index (χ0n) is 29.4. The lowest BCUT2D eigenvalue weighted by Gasteiger charge is -2.49. The summed E-state index contributed by atoms with van der Waals surface area (Å²) in [5.74, 6) is 1.43. The fourth-order valence-corrected chi connectivity index (χ4v) is 38.2. The predicted octanol–water partition coefficient (Wildman–Crippen LogP) is 9.98. The molecule has 7 nitrogen and oxygen atoms in total. The smallest absolute Gasteiger partial charge is 0.417 e. The molecule has 18 heteroatoms. The van der Waals surface area contributed by atoms with Crippen LogP contribution in [-0.4, -0.2) is 85.6 Å². The first-order valence-corrected chi connectivity index (χ1v) is 39.7. The first-order chi connectivity index (χ1) is 18.6. The zero-order chi connectivity index (χ0) is 33.3. The normalized spacial score (nSPS) is 15.0. The van der Waals surface area contributed by atoms with Crippen molar-refractivity contribution in [3.8, 4) is 0 Å². The van der Waals surface area contributed by atoms with Gasteiger partial charge in [0.1, 0.15) is 0 Å². The van der Waals surface area contributed by atoms with Crippen LogP contribution in [0.25, 0.3) is 0 Å². The summed E-state index contributed by atoms with van der Waals surface area (Å²) in [7, 11) is -21.3. The Bertz CT molecular complexity index is 700. The minimum absolute atomic E-state index is 0.455. The molecular weight excluding hydrogens is 731 g/mol. The molecule has 0 aliphatic carbocycles. The van der Waals surface area contributed by atoms with Gasteiger partial charge in [-0.2, -0.15) is 0 Å². The number of alkyl halides is 3. The van der Waals surface area contributed by atoms with Gasteiger partial charge < -0.3 is 28.8 Å². The maximum absolute atomic E-state index is 7.47. The molecule has 0 N–H and O–H groups in total. The molecule has 0 unspecified atom stereocenters. The van der Waals surface area contributed by atoms with Crippen LogP contribution in [0.15, 0.2) is 0 Å². The highest BCUT2D eigenvalue weighted by Crippen LogP contribution is 2.39. The SMILES string of the molecule is C[Si](C)(C)O[Si](CCCCl)(O[Si](C)(C)C)O[Si](CCCCl)(O[Si](C)(C)C)O[Si](CCCCl)(O[Si](C)(C)C)O[Si](C)(C)C. The quantitative estimate of drug-likeness (QED) is 0.0754. The van der Waals surface area contributed by atoms with E-state index in [0.717, 1.165) is 0 Å². The summed E-state index contributed by atoms with van der Waals surface area (Å²) in [6.45, 7) is 32.6. The lowest BCUT2D eigenvalue weighted by Crippen LogP contribution is -2.70. The van der Waals surface area contributed by atoms with E-state index in [4.69, 9.17) is 63.6 Å². The molecule has 0 amide bonds. The number of hydrogen-bond donors (Lipinski definition) is 0. The van der Waals surface area contributed by atoms with E-state index in [-0.39, 0.29) is 0 Å². The van der Waals surface area contributed by atoms with Crippen LogP contribution in [0.1, 0.15) is 19.3 Å². The minimum Gasteiger partial charge on any atom is -0.417 e. The summed E-state index contributed by atoms with van der Waals surface area (Å²) in [5.41, 5.74) is 0. The second kappa shape index (κ2) is 17.6. The molecule has 0 bridgehead atoms. The van der Waals surface area contributed by atoms with Crippen LogP contribution in [0.5, 0.6) is 0 Å². The average Bonchev–Trinajstić information content (AvgIpc) is 2.68. The van der Waals surface area contributed by atoms with E-state index in [1.54, 1.807) is 0 Å². The van der Waals surface area contributed by atoms with Gasteiger partial charge in [0.15, 0.2) is 41.6 Å². The first kappa shape index (κ1) is 44.3. The van der Waals surface area contributed by atoms with Crippen LogP contribution >= 0.6 is 34.8 Å². The highest BCUT2D eigenvalue weighted by Gasteiger charge is 2.62. The molecule has 0 aromatic rings. The molecule has 0 saturated heterocycles. The van der Waals surface area contributed by atoms with Crippen LogP contribution in [0.2, 0.25) is 116 Å². The monoisotopic (exact) mass is 792 g/mol. The third-order valence-corrected chi connectivity index (χ3v) is 31.9. The van der Waals surface area contributed by atoms with Crippen molar-refractivity contribution >= 4 is 103 Å². The summed E-state index contributed by atoms with van der Waals surface area (Å²) < 4.78 is 50.3. The van der Waals surface area contributed by atoms with E-state index < -0.39 is 68.0 Å². The van der Waals surface area contributed by atoms with Crippen molar-refractivity contribution in [1.29, 1.82) is 0 Å². The van der Waals surface area contributed by atoms with Gasteiger partial charge in [-0.15, -0.1) is 34.8 Å². The fraction of sp³-hybridized carbons (Fsp3) is 1.00. The Morgan fingerprint density at radius 2 is 0.476 bits per heavy atom. The average molecular weight is 795 g/mol. The van der Waals surface area contributed by atoms with Gasteiger partial charge in [0, 0.05) is 35.8 Å². The summed E-state index contributed by atoms with van der Waals surface area (Å²) in [6, 6.07) is 1.72. The maximum atomic E-state index is 7.47. The summed E-state index contributed by atoms with van der Waals surface area (Å²) in [5, 5.41) is 0. The van der Waals surface area contributed by atoms with Crippen molar-refractivity contribution in [2.75, 3.05) is 17.6 Å². The molecule has 0 radical (unpaired) electrons. The molecule has 0 aliphatic heterocycles. The minimum atomic E-state index is -3.62. The van der Waals surface area contributed by atoms with Gasteiger partial charge >= 0.3 is 26.4 Å². The van der Waals surface area contributed by atoms with Gasteiger partial charge in [-0.25, -0.2) is 0 Å². The molecular formula is C24H63Cl3O7Si8. The van der Waals surface area contributed by atoms with Crippen molar-refractivity contribution in [2.24, 2.45) is 0 Å². The number of rotatable bonds is 23. The Morgan fingerprint density at radius 3 is 0.619 bits per heavy atom. The molecule has 0 fully saturated rings. The van der Waals surface area contributed by atoms with Crippen LogP contribution in [0.4, 0.5) is 0 Å². The van der Waals surface area contributed by atoms with Gasteiger partial charge in [0.2, 0.25) is 0 Å². The Morgan fingerprint density at radius 1 is 0.310 bits per heavy atom.